The van der Waals surface area contributed by atoms with E-state index in [1.54, 1.807) is 62.9 Å². The van der Waals surface area contributed by atoms with Crippen LogP contribution in [0.2, 0.25) is 0 Å². The van der Waals surface area contributed by atoms with Crippen LogP contribution in [0.25, 0.3) is 22.1 Å². The van der Waals surface area contributed by atoms with Crippen LogP contribution in [0, 0.1) is 0 Å². The van der Waals surface area contributed by atoms with Gasteiger partial charge < -0.3 is 14.8 Å². The molecule has 0 spiro atoms. The van der Waals surface area contributed by atoms with Crippen molar-refractivity contribution >= 4 is 40.1 Å². The number of hydrogen-bond donors (Lipinski definition) is 1. The SMILES string of the molecule is COOSc1ncc2cc(Oc3ccccc3)c(=O)n(C)c2n1.Cn1c(=O)c(Oc2ccccc2)cc2cnc(NCCc3ccccc3)nc21. The molecule has 258 valence electrons. The Labute approximate surface area is 296 Å². The number of ether oxygens (including phenoxy) is 2. The molecule has 0 atom stereocenters. The average molecular weight is 704 g/mol. The Kier molecular flexibility index (Phi) is 11.3. The van der Waals surface area contributed by atoms with Crippen LogP contribution in [0.1, 0.15) is 5.56 Å². The molecular formula is C37H33N7O6S. The zero-order valence-electron chi connectivity index (χ0n) is 27.9. The van der Waals surface area contributed by atoms with Crippen molar-refractivity contribution in [3.63, 3.8) is 0 Å². The molecule has 1 N–H and O–H groups in total. The number of benzene rings is 3. The van der Waals surface area contributed by atoms with Crippen LogP contribution in [-0.4, -0.2) is 42.7 Å². The first-order chi connectivity index (χ1) is 24.9. The summed E-state index contributed by atoms with van der Waals surface area (Å²) in [6.45, 7) is 0.707. The molecule has 0 aliphatic heterocycles. The number of nitrogens with zero attached hydrogens (tertiary/aromatic N) is 6. The number of hydrogen-bond acceptors (Lipinski definition) is 12. The first-order valence-electron chi connectivity index (χ1n) is 15.7. The van der Waals surface area contributed by atoms with Gasteiger partial charge in [-0.3, -0.25) is 18.7 Å². The van der Waals surface area contributed by atoms with E-state index < -0.39 is 0 Å². The van der Waals surface area contributed by atoms with Gasteiger partial charge in [0.2, 0.25) is 11.1 Å². The minimum absolute atomic E-state index is 0.211. The maximum atomic E-state index is 12.7. The van der Waals surface area contributed by atoms with Crippen molar-refractivity contribution in [3.05, 3.63) is 142 Å². The second-order valence-electron chi connectivity index (χ2n) is 11.0. The van der Waals surface area contributed by atoms with Crippen LogP contribution >= 0.6 is 12.0 Å². The van der Waals surface area contributed by atoms with Crippen molar-refractivity contribution in [2.75, 3.05) is 19.0 Å². The summed E-state index contributed by atoms with van der Waals surface area (Å²) in [6, 6.07) is 31.8. The predicted molar refractivity (Wildman–Crippen MR) is 195 cm³/mol. The quantitative estimate of drug-likeness (QED) is 0.0681. The van der Waals surface area contributed by atoms with E-state index in [-0.39, 0.29) is 22.6 Å². The van der Waals surface area contributed by atoms with E-state index in [2.05, 4.69) is 42.3 Å². The summed E-state index contributed by atoms with van der Waals surface area (Å²) in [4.78, 5) is 46.9. The molecule has 4 heterocycles. The average Bonchev–Trinajstić information content (AvgIpc) is 3.17. The summed E-state index contributed by atoms with van der Waals surface area (Å²) >= 11 is 0.866. The topological polar surface area (TPSA) is 145 Å². The lowest BCUT2D eigenvalue weighted by Gasteiger charge is -2.11. The lowest BCUT2D eigenvalue weighted by molar-refractivity contribution is -0.160. The molecule has 0 aliphatic rings. The van der Waals surface area contributed by atoms with Crippen LogP contribution < -0.4 is 25.9 Å². The Bertz CT molecular complexity index is 2360. The standard InChI is InChI=1S/C22H20N4O2.C15H13N3O4S/c1-26-20-17(14-19(21(26)27)28-18-10-6-3-7-11-18)15-24-22(25-20)23-13-12-16-8-4-2-5-9-16;1-18-13-10(9-16-15(17-13)23-22-20-2)8-12(14(18)19)21-11-6-4-3-5-7-11/h2-11,14-15H,12-13H2,1H3,(H,23,24,25);3-9H,1-2H3. The largest absolute Gasteiger partial charge is 0.452 e. The van der Waals surface area contributed by atoms with Crippen molar-refractivity contribution in [1.29, 1.82) is 0 Å². The molecule has 14 heteroatoms. The molecule has 0 unspecified atom stereocenters. The lowest BCUT2D eigenvalue weighted by atomic mass is 10.1. The van der Waals surface area contributed by atoms with Crippen LogP contribution in [0.5, 0.6) is 23.0 Å². The fraction of sp³-hybridized carbons (Fsp3) is 0.135. The highest BCUT2D eigenvalue weighted by atomic mass is 32.2. The Morgan fingerprint density at radius 1 is 0.686 bits per heavy atom. The van der Waals surface area contributed by atoms with E-state index in [4.69, 9.17) is 13.8 Å². The van der Waals surface area contributed by atoms with Gasteiger partial charge in [-0.1, -0.05) is 66.7 Å². The number of aryl methyl sites for hydroxylation is 2. The number of nitrogens with one attached hydrogen (secondary N) is 1. The summed E-state index contributed by atoms with van der Waals surface area (Å²) in [5.74, 6) is 2.15. The van der Waals surface area contributed by atoms with Crippen LogP contribution in [0.4, 0.5) is 5.95 Å². The normalized spacial score (nSPS) is 10.8. The van der Waals surface area contributed by atoms with Gasteiger partial charge >= 0.3 is 0 Å². The van der Waals surface area contributed by atoms with Crippen LogP contribution in [0.15, 0.2) is 130 Å². The van der Waals surface area contributed by atoms with E-state index in [1.165, 1.54) is 21.8 Å². The fourth-order valence-electron chi connectivity index (χ4n) is 4.95. The minimum atomic E-state index is -0.288. The summed E-state index contributed by atoms with van der Waals surface area (Å²) in [5, 5.41) is 4.97. The summed E-state index contributed by atoms with van der Waals surface area (Å²) < 4.78 is 19.0. The van der Waals surface area contributed by atoms with Crippen LogP contribution in [-0.2, 0) is 29.7 Å². The molecule has 4 aromatic heterocycles. The second-order valence-corrected chi connectivity index (χ2v) is 11.6. The van der Waals surface area contributed by atoms with Gasteiger partial charge in [-0.05, 0) is 48.4 Å². The molecule has 0 fully saturated rings. The van der Waals surface area contributed by atoms with Crippen LogP contribution in [0.3, 0.4) is 0 Å². The highest BCUT2D eigenvalue weighted by molar-refractivity contribution is 7.94. The first-order valence-corrected chi connectivity index (χ1v) is 16.5. The minimum Gasteiger partial charge on any atom is -0.452 e. The van der Waals surface area contributed by atoms with Crippen molar-refractivity contribution < 1.29 is 18.7 Å². The van der Waals surface area contributed by atoms with Crippen molar-refractivity contribution in [2.45, 2.75) is 11.6 Å². The number of pyridine rings is 2. The smallest absolute Gasteiger partial charge is 0.294 e. The third kappa shape index (κ3) is 8.75. The monoisotopic (exact) mass is 703 g/mol. The number of rotatable bonds is 11. The van der Waals surface area contributed by atoms with E-state index in [0.29, 0.717) is 45.8 Å². The van der Waals surface area contributed by atoms with Crippen molar-refractivity contribution in [3.8, 4) is 23.0 Å². The number of para-hydroxylation sites is 2. The molecule has 0 bridgehead atoms. The van der Waals surface area contributed by atoms with Gasteiger partial charge in [0.15, 0.2) is 11.5 Å². The summed E-state index contributed by atoms with van der Waals surface area (Å²) in [7, 11) is 4.70. The van der Waals surface area contributed by atoms with E-state index in [0.717, 1.165) is 23.8 Å². The van der Waals surface area contributed by atoms with Gasteiger partial charge in [0.1, 0.15) is 34.8 Å². The fourth-order valence-corrected chi connectivity index (χ4v) is 5.30. The maximum Gasteiger partial charge on any atom is 0.294 e. The molecule has 0 saturated heterocycles. The third-order valence-corrected chi connectivity index (χ3v) is 8.02. The Morgan fingerprint density at radius 3 is 1.75 bits per heavy atom. The van der Waals surface area contributed by atoms with Gasteiger partial charge in [-0.15, -0.1) is 0 Å². The molecule has 7 aromatic rings. The second kappa shape index (κ2) is 16.5. The molecule has 3 aromatic carbocycles. The number of aromatic nitrogens is 6. The van der Waals surface area contributed by atoms with Gasteiger partial charge in [0.05, 0.1) is 7.11 Å². The summed E-state index contributed by atoms with van der Waals surface area (Å²) in [6.07, 6.45) is 4.16. The van der Waals surface area contributed by atoms with E-state index in [9.17, 15) is 9.59 Å². The molecule has 7 rings (SSSR count). The van der Waals surface area contributed by atoms with E-state index in [1.807, 2.05) is 54.6 Å². The molecule has 51 heavy (non-hydrogen) atoms. The number of fused-ring (bicyclic) bond motifs is 2. The van der Waals surface area contributed by atoms with Gasteiger partial charge in [-0.25, -0.2) is 19.8 Å². The molecule has 0 aliphatic carbocycles. The third-order valence-electron chi connectivity index (χ3n) is 7.47. The Balaban J connectivity index is 0.000000179. The Hall–Kier alpha value is -6.09. The lowest BCUT2D eigenvalue weighted by Crippen LogP contribution is -2.20. The predicted octanol–water partition coefficient (Wildman–Crippen LogP) is 6.48. The molecule has 0 saturated carbocycles. The molecule has 0 radical (unpaired) electrons. The first kappa shape index (κ1) is 34.8. The van der Waals surface area contributed by atoms with Gasteiger partial charge in [-0.2, -0.15) is 9.32 Å². The highest BCUT2D eigenvalue weighted by Crippen LogP contribution is 2.24. The molecule has 13 nitrogen and oxygen atoms in total. The van der Waals surface area contributed by atoms with E-state index >= 15 is 0 Å². The zero-order valence-corrected chi connectivity index (χ0v) is 28.7. The summed E-state index contributed by atoms with van der Waals surface area (Å²) in [5.41, 5.74) is 1.75. The van der Waals surface area contributed by atoms with Crippen molar-refractivity contribution in [1.82, 2.24) is 29.1 Å². The highest BCUT2D eigenvalue weighted by Gasteiger charge is 2.13. The Morgan fingerprint density at radius 2 is 1.20 bits per heavy atom. The molecular weight excluding hydrogens is 671 g/mol. The van der Waals surface area contributed by atoms with Gasteiger partial charge in [0, 0.05) is 43.8 Å². The zero-order chi connectivity index (χ0) is 35.6. The molecule has 0 amide bonds. The maximum absolute atomic E-state index is 12.7. The van der Waals surface area contributed by atoms with Gasteiger partial charge in [0.25, 0.3) is 11.1 Å². The number of anilines is 1. The van der Waals surface area contributed by atoms with Crippen molar-refractivity contribution in [2.24, 2.45) is 14.1 Å².